The quantitative estimate of drug-likeness (QED) is 0.677. The molecule has 10 heteroatoms. The van der Waals surface area contributed by atoms with Gasteiger partial charge in [0.15, 0.2) is 11.5 Å². The molecule has 7 nitrogen and oxygen atoms in total. The molecule has 0 spiro atoms. The van der Waals surface area contributed by atoms with Crippen LogP contribution < -0.4 is 14.2 Å². The van der Waals surface area contributed by atoms with E-state index in [1.807, 2.05) is 0 Å². The van der Waals surface area contributed by atoms with Crippen molar-refractivity contribution >= 4 is 38.9 Å². The normalized spacial score (nSPS) is 13.4. The van der Waals surface area contributed by atoms with Crippen molar-refractivity contribution in [1.82, 2.24) is 4.72 Å². The van der Waals surface area contributed by atoms with Crippen LogP contribution in [0.3, 0.4) is 0 Å². The number of hydrogen-bond acceptors (Lipinski definition) is 7. The summed E-state index contributed by atoms with van der Waals surface area (Å²) in [6.07, 6.45) is 1.61. The van der Waals surface area contributed by atoms with Gasteiger partial charge in [0.1, 0.15) is 24.7 Å². The fraction of sp³-hybridized carbons (Fsp3) is 0.353. The fourth-order valence-electron chi connectivity index (χ4n) is 2.45. The molecule has 27 heavy (non-hydrogen) atoms. The standard InChI is InChI=1S/C17H18ClNO6S2/c1-27(21,22)19-5-4-12-2-3-15(26-12)17(20)25-10-11-8-13(18)16-14(9-11)23-6-7-24-16/h2-3,8-9,19H,4-7,10H2,1H3. The number of fused-ring (bicyclic) bond motifs is 1. The van der Waals surface area contributed by atoms with Crippen LogP contribution in [0.15, 0.2) is 24.3 Å². The number of rotatable bonds is 7. The summed E-state index contributed by atoms with van der Waals surface area (Å²) in [4.78, 5) is 13.6. The average molecular weight is 432 g/mol. The second-order valence-corrected chi connectivity index (χ2v) is 9.27. The van der Waals surface area contributed by atoms with E-state index in [9.17, 15) is 13.2 Å². The summed E-state index contributed by atoms with van der Waals surface area (Å²) in [7, 11) is -3.22. The lowest BCUT2D eigenvalue weighted by Crippen LogP contribution is -2.23. The zero-order chi connectivity index (χ0) is 19.4. The third kappa shape index (κ3) is 5.58. The Labute approximate surface area is 166 Å². The molecular formula is C17H18ClNO6S2. The highest BCUT2D eigenvalue weighted by atomic mass is 35.5. The number of thiophene rings is 1. The Morgan fingerprint density at radius 2 is 2.07 bits per heavy atom. The van der Waals surface area contributed by atoms with Gasteiger partial charge in [-0.05, 0) is 36.2 Å². The number of carbonyl (C=O) groups is 1. The molecule has 3 rings (SSSR count). The van der Waals surface area contributed by atoms with Crippen LogP contribution in [-0.2, 0) is 27.8 Å². The van der Waals surface area contributed by atoms with Gasteiger partial charge in [0.05, 0.1) is 11.3 Å². The molecule has 146 valence electrons. The molecular weight excluding hydrogens is 414 g/mol. The van der Waals surface area contributed by atoms with E-state index in [1.54, 1.807) is 24.3 Å². The van der Waals surface area contributed by atoms with Gasteiger partial charge in [0.25, 0.3) is 0 Å². The Hall–Kier alpha value is -1.81. The van der Waals surface area contributed by atoms with Crippen LogP contribution in [0, 0.1) is 0 Å². The van der Waals surface area contributed by atoms with E-state index in [-0.39, 0.29) is 13.2 Å². The molecule has 1 aliphatic heterocycles. The van der Waals surface area contributed by atoms with E-state index in [2.05, 4.69) is 4.72 Å². The van der Waals surface area contributed by atoms with E-state index < -0.39 is 16.0 Å². The van der Waals surface area contributed by atoms with Gasteiger partial charge in [-0.1, -0.05) is 11.6 Å². The Morgan fingerprint density at radius 3 is 2.85 bits per heavy atom. The third-order valence-corrected chi connectivity index (χ3v) is 5.76. The van der Waals surface area contributed by atoms with Crippen LogP contribution >= 0.6 is 22.9 Å². The van der Waals surface area contributed by atoms with Crippen molar-refractivity contribution in [1.29, 1.82) is 0 Å². The van der Waals surface area contributed by atoms with Crippen molar-refractivity contribution < 1.29 is 27.4 Å². The van der Waals surface area contributed by atoms with Gasteiger partial charge in [0, 0.05) is 11.4 Å². The maximum atomic E-state index is 12.2. The van der Waals surface area contributed by atoms with Gasteiger partial charge in [-0.15, -0.1) is 11.3 Å². The van der Waals surface area contributed by atoms with E-state index >= 15 is 0 Å². The first-order chi connectivity index (χ1) is 12.8. The zero-order valence-corrected chi connectivity index (χ0v) is 16.9. The summed E-state index contributed by atoms with van der Waals surface area (Å²) in [5.74, 6) is 0.591. The molecule has 0 amide bonds. The number of benzene rings is 1. The molecule has 0 bridgehead atoms. The molecule has 0 atom stereocenters. The van der Waals surface area contributed by atoms with E-state index in [1.165, 1.54) is 11.3 Å². The second-order valence-electron chi connectivity index (χ2n) is 5.86. The first-order valence-electron chi connectivity index (χ1n) is 8.10. The van der Waals surface area contributed by atoms with Gasteiger partial charge in [-0.3, -0.25) is 0 Å². The molecule has 2 aromatic rings. The number of nitrogens with one attached hydrogen (secondary N) is 1. The minimum Gasteiger partial charge on any atom is -0.486 e. The summed E-state index contributed by atoms with van der Waals surface area (Å²) >= 11 is 7.44. The van der Waals surface area contributed by atoms with Crippen LogP contribution in [0.25, 0.3) is 0 Å². The van der Waals surface area contributed by atoms with Crippen LogP contribution in [0.2, 0.25) is 5.02 Å². The van der Waals surface area contributed by atoms with E-state index in [0.717, 1.165) is 11.1 Å². The molecule has 2 heterocycles. The molecule has 0 aliphatic carbocycles. The van der Waals surface area contributed by atoms with E-state index in [0.29, 0.717) is 46.6 Å². The summed E-state index contributed by atoms with van der Waals surface area (Å²) in [6.45, 7) is 1.22. The van der Waals surface area contributed by atoms with Gasteiger partial charge in [-0.25, -0.2) is 17.9 Å². The number of hydrogen-bond donors (Lipinski definition) is 1. The highest BCUT2D eigenvalue weighted by Crippen LogP contribution is 2.38. The molecule has 1 aromatic heterocycles. The Morgan fingerprint density at radius 1 is 1.30 bits per heavy atom. The average Bonchev–Trinajstić information content (AvgIpc) is 3.07. The van der Waals surface area contributed by atoms with E-state index in [4.69, 9.17) is 25.8 Å². The van der Waals surface area contributed by atoms with Gasteiger partial charge in [-0.2, -0.15) is 0 Å². The van der Waals surface area contributed by atoms with Crippen molar-refractivity contribution in [3.63, 3.8) is 0 Å². The highest BCUT2D eigenvalue weighted by molar-refractivity contribution is 7.88. The SMILES string of the molecule is CS(=O)(=O)NCCc1ccc(C(=O)OCc2cc(Cl)c3c(c2)OCCO3)s1. The molecule has 1 aromatic carbocycles. The maximum Gasteiger partial charge on any atom is 0.348 e. The minimum absolute atomic E-state index is 0.0536. The number of esters is 1. The topological polar surface area (TPSA) is 90.9 Å². The summed E-state index contributed by atoms with van der Waals surface area (Å²) in [5, 5.41) is 0.412. The first kappa shape index (κ1) is 19.9. The zero-order valence-electron chi connectivity index (χ0n) is 14.5. The number of ether oxygens (including phenoxy) is 3. The minimum atomic E-state index is -3.22. The predicted octanol–water partition coefficient (Wildman–Crippen LogP) is 2.62. The summed E-state index contributed by atoms with van der Waals surface area (Å²) < 4.78 is 40.8. The lowest BCUT2D eigenvalue weighted by atomic mass is 10.2. The van der Waals surface area contributed by atoms with Crippen molar-refractivity contribution in [2.75, 3.05) is 26.0 Å². The molecule has 1 aliphatic rings. The number of sulfonamides is 1. The number of carbonyl (C=O) groups excluding carboxylic acids is 1. The van der Waals surface area contributed by atoms with Gasteiger partial charge < -0.3 is 14.2 Å². The fourth-order valence-corrected chi connectivity index (χ4v) is 4.11. The van der Waals surface area contributed by atoms with Crippen molar-refractivity contribution in [2.45, 2.75) is 13.0 Å². The molecule has 0 radical (unpaired) electrons. The maximum absolute atomic E-state index is 12.2. The van der Waals surface area contributed by atoms with Crippen molar-refractivity contribution in [3.05, 3.63) is 44.6 Å². The molecule has 1 N–H and O–H groups in total. The van der Waals surface area contributed by atoms with Crippen molar-refractivity contribution in [2.24, 2.45) is 0 Å². The third-order valence-electron chi connectivity index (χ3n) is 3.63. The Balaban J connectivity index is 1.56. The summed E-state index contributed by atoms with van der Waals surface area (Å²) in [5.41, 5.74) is 0.701. The molecule has 0 saturated heterocycles. The van der Waals surface area contributed by atoms with Crippen LogP contribution in [0.4, 0.5) is 0 Å². The highest BCUT2D eigenvalue weighted by Gasteiger charge is 2.18. The van der Waals surface area contributed by atoms with Crippen LogP contribution in [-0.4, -0.2) is 40.4 Å². The predicted molar refractivity (Wildman–Crippen MR) is 102 cm³/mol. The number of halogens is 1. The first-order valence-corrected chi connectivity index (χ1v) is 11.2. The van der Waals surface area contributed by atoms with Crippen LogP contribution in [0.5, 0.6) is 11.5 Å². The monoisotopic (exact) mass is 431 g/mol. The van der Waals surface area contributed by atoms with Gasteiger partial charge >= 0.3 is 5.97 Å². The molecule has 0 saturated carbocycles. The smallest absolute Gasteiger partial charge is 0.348 e. The lowest BCUT2D eigenvalue weighted by molar-refractivity contribution is 0.0478. The molecule has 0 fully saturated rings. The molecule has 0 unspecified atom stereocenters. The van der Waals surface area contributed by atoms with Crippen LogP contribution in [0.1, 0.15) is 20.1 Å². The van der Waals surface area contributed by atoms with Crippen molar-refractivity contribution in [3.8, 4) is 11.5 Å². The van der Waals surface area contributed by atoms with Gasteiger partial charge in [0.2, 0.25) is 10.0 Å². The Kier molecular flexibility index (Phi) is 6.25. The summed E-state index contributed by atoms with van der Waals surface area (Å²) in [6, 6.07) is 6.87. The largest absolute Gasteiger partial charge is 0.486 e. The second kappa shape index (κ2) is 8.47. The lowest BCUT2D eigenvalue weighted by Gasteiger charge is -2.20. The Bertz CT molecular complexity index is 941.